The highest BCUT2D eigenvalue weighted by atomic mass is 19.4. The van der Waals surface area contributed by atoms with Crippen LogP contribution in [0.25, 0.3) is 0 Å². The monoisotopic (exact) mass is 370 g/mol. The zero-order valence-electron chi connectivity index (χ0n) is 14.8. The van der Waals surface area contributed by atoms with E-state index in [9.17, 15) is 18.0 Å². The second-order valence-electron chi connectivity index (χ2n) is 5.86. The van der Waals surface area contributed by atoms with E-state index >= 15 is 0 Å². The SMILES string of the molecule is CC[C@@H](C)n1nccc1NC(=O)NCCc1nc(C)cc(C(F)(F)F)n1. The maximum absolute atomic E-state index is 12.8. The molecule has 0 saturated heterocycles. The average molecular weight is 370 g/mol. The number of alkyl halides is 3. The van der Waals surface area contributed by atoms with Gasteiger partial charge < -0.3 is 5.32 Å². The van der Waals surface area contributed by atoms with Crippen LogP contribution in [-0.4, -0.2) is 32.3 Å². The summed E-state index contributed by atoms with van der Waals surface area (Å²) in [4.78, 5) is 19.4. The van der Waals surface area contributed by atoms with Crippen molar-refractivity contribution in [1.29, 1.82) is 0 Å². The molecule has 0 unspecified atom stereocenters. The fraction of sp³-hybridized carbons (Fsp3) is 0.500. The van der Waals surface area contributed by atoms with E-state index in [0.717, 1.165) is 12.5 Å². The normalized spacial score (nSPS) is 12.7. The summed E-state index contributed by atoms with van der Waals surface area (Å²) in [6.45, 7) is 5.55. The lowest BCUT2D eigenvalue weighted by Gasteiger charge is -2.14. The van der Waals surface area contributed by atoms with Gasteiger partial charge in [0, 0.05) is 24.7 Å². The van der Waals surface area contributed by atoms with Crippen molar-refractivity contribution in [3.8, 4) is 0 Å². The van der Waals surface area contributed by atoms with Crippen molar-refractivity contribution in [3.63, 3.8) is 0 Å². The van der Waals surface area contributed by atoms with Crippen molar-refractivity contribution in [2.75, 3.05) is 11.9 Å². The largest absolute Gasteiger partial charge is 0.433 e. The summed E-state index contributed by atoms with van der Waals surface area (Å²) < 4.78 is 40.0. The first-order valence-electron chi connectivity index (χ1n) is 8.20. The van der Waals surface area contributed by atoms with Crippen LogP contribution in [0, 0.1) is 6.92 Å². The molecule has 2 heterocycles. The van der Waals surface area contributed by atoms with E-state index in [-0.39, 0.29) is 30.5 Å². The van der Waals surface area contributed by atoms with Gasteiger partial charge in [0.05, 0.1) is 12.2 Å². The Kier molecular flexibility index (Phi) is 6.17. The number of nitrogens with one attached hydrogen (secondary N) is 2. The predicted molar refractivity (Wildman–Crippen MR) is 89.7 cm³/mol. The molecule has 1 atom stereocenters. The Balaban J connectivity index is 1.91. The van der Waals surface area contributed by atoms with Crippen molar-refractivity contribution in [2.45, 2.75) is 45.8 Å². The van der Waals surface area contributed by atoms with Gasteiger partial charge >= 0.3 is 12.2 Å². The van der Waals surface area contributed by atoms with Gasteiger partial charge in [0.2, 0.25) is 0 Å². The van der Waals surface area contributed by atoms with Gasteiger partial charge in [-0.05, 0) is 26.3 Å². The van der Waals surface area contributed by atoms with Crippen LogP contribution in [0.4, 0.5) is 23.8 Å². The van der Waals surface area contributed by atoms with E-state index < -0.39 is 17.9 Å². The standard InChI is InChI=1S/C16H21F3N6O/c1-4-11(3)25-14(6-8-21-25)24-15(26)20-7-5-13-22-10(2)9-12(23-13)16(17,18)19/h6,8-9,11H,4-5,7H2,1-3H3,(H2,20,24,26)/t11-/m1/s1. The van der Waals surface area contributed by atoms with Crippen molar-refractivity contribution in [3.05, 3.63) is 35.5 Å². The van der Waals surface area contributed by atoms with Gasteiger partial charge in [-0.25, -0.2) is 19.4 Å². The molecule has 0 fully saturated rings. The van der Waals surface area contributed by atoms with E-state index in [1.165, 1.54) is 6.92 Å². The lowest BCUT2D eigenvalue weighted by molar-refractivity contribution is -0.141. The summed E-state index contributed by atoms with van der Waals surface area (Å²) in [5.41, 5.74) is -0.758. The highest BCUT2D eigenvalue weighted by Crippen LogP contribution is 2.27. The number of aryl methyl sites for hydroxylation is 1. The minimum Gasteiger partial charge on any atom is -0.337 e. The maximum atomic E-state index is 12.8. The molecule has 2 N–H and O–H groups in total. The number of amides is 2. The molecule has 2 amide bonds. The highest BCUT2D eigenvalue weighted by Gasteiger charge is 2.33. The molecule has 0 bridgehead atoms. The van der Waals surface area contributed by atoms with Crippen LogP contribution in [0.1, 0.15) is 43.5 Å². The third-order valence-corrected chi connectivity index (χ3v) is 3.75. The molecule has 2 aromatic rings. The number of hydrogen-bond acceptors (Lipinski definition) is 4. The third kappa shape index (κ3) is 5.17. The Morgan fingerprint density at radius 1 is 1.35 bits per heavy atom. The molecule has 0 aliphatic heterocycles. The number of urea groups is 1. The Morgan fingerprint density at radius 3 is 2.73 bits per heavy atom. The van der Waals surface area contributed by atoms with Crippen LogP contribution < -0.4 is 10.6 Å². The lowest BCUT2D eigenvalue weighted by atomic mass is 10.3. The second kappa shape index (κ2) is 8.15. The second-order valence-corrected chi connectivity index (χ2v) is 5.86. The molecule has 0 aromatic carbocycles. The van der Waals surface area contributed by atoms with Crippen molar-refractivity contribution in [1.82, 2.24) is 25.1 Å². The van der Waals surface area contributed by atoms with Gasteiger partial charge in [0.1, 0.15) is 17.3 Å². The van der Waals surface area contributed by atoms with Crippen LogP contribution >= 0.6 is 0 Å². The molecule has 0 radical (unpaired) electrons. The van der Waals surface area contributed by atoms with Crippen LogP contribution in [-0.2, 0) is 12.6 Å². The number of nitrogens with zero attached hydrogens (tertiary/aromatic N) is 4. The Hall–Kier alpha value is -2.65. The first kappa shape index (κ1) is 19.7. The van der Waals surface area contributed by atoms with E-state index in [0.29, 0.717) is 5.82 Å². The van der Waals surface area contributed by atoms with Crippen LogP contribution in [0.2, 0.25) is 0 Å². The van der Waals surface area contributed by atoms with Gasteiger partial charge in [0.15, 0.2) is 0 Å². The van der Waals surface area contributed by atoms with Gasteiger partial charge in [-0.3, -0.25) is 5.32 Å². The zero-order chi connectivity index (χ0) is 19.3. The molecule has 0 aliphatic carbocycles. The Morgan fingerprint density at radius 2 is 2.08 bits per heavy atom. The van der Waals surface area contributed by atoms with E-state index in [2.05, 4.69) is 25.7 Å². The quantitative estimate of drug-likeness (QED) is 0.817. The zero-order valence-corrected chi connectivity index (χ0v) is 14.8. The first-order valence-corrected chi connectivity index (χ1v) is 8.20. The van der Waals surface area contributed by atoms with Crippen LogP contribution in [0.3, 0.4) is 0 Å². The maximum Gasteiger partial charge on any atom is 0.433 e. The van der Waals surface area contributed by atoms with Gasteiger partial charge in [0.25, 0.3) is 0 Å². The van der Waals surface area contributed by atoms with Gasteiger partial charge in [-0.15, -0.1) is 0 Å². The molecule has 0 saturated carbocycles. The van der Waals surface area contributed by atoms with Gasteiger partial charge in [-0.1, -0.05) is 6.92 Å². The minimum absolute atomic E-state index is 0.0299. The average Bonchev–Trinajstić information content (AvgIpc) is 3.00. The topological polar surface area (TPSA) is 84.7 Å². The van der Waals surface area contributed by atoms with Crippen molar-refractivity contribution in [2.24, 2.45) is 0 Å². The predicted octanol–water partition coefficient (Wildman–Crippen LogP) is 3.34. The number of carbonyl (C=O) groups excluding carboxylic acids is 1. The molecule has 7 nitrogen and oxygen atoms in total. The molecule has 2 rings (SSSR count). The number of carbonyl (C=O) groups is 1. The van der Waals surface area contributed by atoms with Crippen molar-refractivity contribution < 1.29 is 18.0 Å². The van der Waals surface area contributed by atoms with E-state index in [4.69, 9.17) is 0 Å². The van der Waals surface area contributed by atoms with Crippen LogP contribution in [0.15, 0.2) is 18.3 Å². The molecule has 0 spiro atoms. The Labute approximate surface area is 149 Å². The minimum atomic E-state index is -4.53. The van der Waals surface area contributed by atoms with Crippen LogP contribution in [0.5, 0.6) is 0 Å². The fourth-order valence-corrected chi connectivity index (χ4v) is 2.27. The molecular weight excluding hydrogens is 349 g/mol. The Bertz CT molecular complexity index is 759. The molecule has 2 aromatic heterocycles. The van der Waals surface area contributed by atoms with E-state index in [1.54, 1.807) is 16.9 Å². The lowest BCUT2D eigenvalue weighted by Crippen LogP contribution is -2.32. The fourth-order valence-electron chi connectivity index (χ4n) is 2.27. The summed E-state index contributed by atoms with van der Waals surface area (Å²) >= 11 is 0. The summed E-state index contributed by atoms with van der Waals surface area (Å²) in [6, 6.07) is 2.21. The number of rotatable bonds is 6. The smallest absolute Gasteiger partial charge is 0.337 e. The summed E-state index contributed by atoms with van der Waals surface area (Å²) in [6.07, 6.45) is -2.00. The summed E-state index contributed by atoms with van der Waals surface area (Å²) in [5, 5.41) is 9.41. The summed E-state index contributed by atoms with van der Waals surface area (Å²) in [5.74, 6) is 0.574. The first-order chi connectivity index (χ1) is 12.2. The molecule has 0 aliphatic rings. The summed E-state index contributed by atoms with van der Waals surface area (Å²) in [7, 11) is 0. The molecule has 10 heteroatoms. The number of aromatic nitrogens is 4. The number of anilines is 1. The number of hydrogen-bond donors (Lipinski definition) is 2. The third-order valence-electron chi connectivity index (χ3n) is 3.75. The number of halogens is 3. The highest BCUT2D eigenvalue weighted by molar-refractivity contribution is 5.88. The van der Waals surface area contributed by atoms with Gasteiger partial charge in [-0.2, -0.15) is 18.3 Å². The van der Waals surface area contributed by atoms with Crippen molar-refractivity contribution >= 4 is 11.8 Å². The van der Waals surface area contributed by atoms with E-state index in [1.807, 2.05) is 13.8 Å². The molecule has 142 valence electrons. The molecular formula is C16H21F3N6O. The molecule has 26 heavy (non-hydrogen) atoms.